The second-order valence-corrected chi connectivity index (χ2v) is 8.56. The molecule has 33 heavy (non-hydrogen) atoms. The van der Waals surface area contributed by atoms with E-state index in [-0.39, 0.29) is 0 Å². The summed E-state index contributed by atoms with van der Waals surface area (Å²) >= 11 is 0. The number of aromatic nitrogens is 2. The predicted molar refractivity (Wildman–Crippen MR) is 139 cm³/mol. The van der Waals surface area contributed by atoms with Crippen molar-refractivity contribution in [2.75, 3.05) is 11.5 Å². The van der Waals surface area contributed by atoms with Crippen LogP contribution in [0.25, 0.3) is 44.3 Å². The SMILES string of the molecule is Nc1ccc(Cc2ccc(N)c(-c3cc4ccccc4[nH]3)c2)cc1-c1cc2ccccc2[nH]1. The number of nitrogens with one attached hydrogen (secondary N) is 2. The molecule has 0 atom stereocenters. The fourth-order valence-corrected chi connectivity index (χ4v) is 4.57. The van der Waals surface area contributed by atoms with Gasteiger partial charge in [-0.1, -0.05) is 48.5 Å². The summed E-state index contributed by atoms with van der Waals surface area (Å²) < 4.78 is 0. The molecule has 0 saturated heterocycles. The van der Waals surface area contributed by atoms with Crippen LogP contribution in [0.3, 0.4) is 0 Å². The minimum absolute atomic E-state index is 0.765. The van der Waals surface area contributed by atoms with Crippen LogP contribution < -0.4 is 11.5 Å². The van der Waals surface area contributed by atoms with Crippen molar-refractivity contribution in [1.82, 2.24) is 9.97 Å². The Morgan fingerprint density at radius 2 is 0.970 bits per heavy atom. The van der Waals surface area contributed by atoms with E-state index in [1.807, 2.05) is 36.4 Å². The molecule has 0 aliphatic rings. The second kappa shape index (κ2) is 7.61. The first-order chi connectivity index (χ1) is 16.1. The Labute approximate surface area is 191 Å². The van der Waals surface area contributed by atoms with Crippen molar-refractivity contribution in [3.8, 4) is 22.5 Å². The lowest BCUT2D eigenvalue weighted by Gasteiger charge is -2.10. The van der Waals surface area contributed by atoms with Crippen LogP contribution in [0.1, 0.15) is 11.1 Å². The number of nitrogen functional groups attached to an aromatic ring is 2. The van der Waals surface area contributed by atoms with Gasteiger partial charge in [-0.15, -0.1) is 0 Å². The third kappa shape index (κ3) is 3.52. The third-order valence-corrected chi connectivity index (χ3v) is 6.28. The van der Waals surface area contributed by atoms with Gasteiger partial charge in [0.05, 0.1) is 0 Å². The zero-order chi connectivity index (χ0) is 22.4. The summed E-state index contributed by atoms with van der Waals surface area (Å²) in [5.41, 5.74) is 23.0. The molecule has 6 aromatic rings. The van der Waals surface area contributed by atoms with Crippen LogP contribution in [0.15, 0.2) is 97.1 Å². The molecule has 0 amide bonds. The van der Waals surface area contributed by atoms with Crippen molar-refractivity contribution in [1.29, 1.82) is 0 Å². The van der Waals surface area contributed by atoms with Crippen molar-refractivity contribution >= 4 is 33.2 Å². The summed E-state index contributed by atoms with van der Waals surface area (Å²) in [5, 5.41) is 2.36. The van der Waals surface area contributed by atoms with Gasteiger partial charge in [-0.2, -0.15) is 0 Å². The standard InChI is InChI=1S/C29H24N4/c30-24-11-9-18(14-22(24)28-16-20-5-1-3-7-26(20)32-28)13-19-10-12-25(31)23(15-19)29-17-21-6-2-4-8-27(21)33-29/h1-12,14-17,32-33H,13,30-31H2. The minimum Gasteiger partial charge on any atom is -0.398 e. The molecule has 0 bridgehead atoms. The Morgan fingerprint density at radius 1 is 0.515 bits per heavy atom. The molecule has 6 rings (SSSR count). The molecule has 160 valence electrons. The summed E-state index contributed by atoms with van der Waals surface area (Å²) in [4.78, 5) is 6.99. The van der Waals surface area contributed by atoms with E-state index in [2.05, 4.69) is 70.6 Å². The van der Waals surface area contributed by atoms with Crippen LogP contribution in [0.2, 0.25) is 0 Å². The molecule has 0 aliphatic carbocycles. The van der Waals surface area contributed by atoms with Gasteiger partial charge in [-0.05, 0) is 66.1 Å². The van der Waals surface area contributed by atoms with Crippen molar-refractivity contribution in [3.63, 3.8) is 0 Å². The van der Waals surface area contributed by atoms with Gasteiger partial charge >= 0.3 is 0 Å². The summed E-state index contributed by atoms with van der Waals surface area (Å²) in [5.74, 6) is 0. The first-order valence-electron chi connectivity index (χ1n) is 11.1. The van der Waals surface area contributed by atoms with Crippen LogP contribution in [-0.2, 0) is 6.42 Å². The van der Waals surface area contributed by atoms with E-state index in [4.69, 9.17) is 11.5 Å². The number of para-hydroxylation sites is 2. The number of hydrogen-bond acceptors (Lipinski definition) is 2. The average Bonchev–Trinajstić information content (AvgIpc) is 3.45. The number of nitrogens with two attached hydrogens (primary N) is 2. The number of aromatic amines is 2. The second-order valence-electron chi connectivity index (χ2n) is 8.56. The van der Waals surface area contributed by atoms with Gasteiger partial charge < -0.3 is 21.4 Å². The maximum absolute atomic E-state index is 6.35. The molecule has 4 heteroatoms. The van der Waals surface area contributed by atoms with E-state index in [1.54, 1.807) is 0 Å². The lowest BCUT2D eigenvalue weighted by atomic mass is 9.98. The van der Waals surface area contributed by atoms with Crippen LogP contribution in [0.4, 0.5) is 11.4 Å². The van der Waals surface area contributed by atoms with Gasteiger partial charge in [0.25, 0.3) is 0 Å². The van der Waals surface area contributed by atoms with E-state index in [0.717, 1.165) is 51.3 Å². The molecule has 2 heterocycles. The number of anilines is 2. The highest BCUT2D eigenvalue weighted by Crippen LogP contribution is 2.32. The molecule has 6 N–H and O–H groups in total. The van der Waals surface area contributed by atoms with Crippen molar-refractivity contribution in [2.24, 2.45) is 0 Å². The van der Waals surface area contributed by atoms with Gasteiger partial charge in [-0.3, -0.25) is 0 Å². The molecule has 0 aliphatic heterocycles. The topological polar surface area (TPSA) is 83.6 Å². The number of H-pyrrole nitrogens is 2. The molecular formula is C29H24N4. The van der Waals surface area contributed by atoms with Gasteiger partial charge in [0, 0.05) is 55.7 Å². The minimum atomic E-state index is 0.765. The van der Waals surface area contributed by atoms with E-state index in [1.165, 1.54) is 21.9 Å². The van der Waals surface area contributed by atoms with E-state index in [9.17, 15) is 0 Å². The van der Waals surface area contributed by atoms with E-state index in [0.29, 0.717) is 0 Å². The summed E-state index contributed by atoms with van der Waals surface area (Å²) in [7, 11) is 0. The maximum Gasteiger partial charge on any atom is 0.0485 e. The molecule has 0 saturated carbocycles. The Morgan fingerprint density at radius 3 is 1.42 bits per heavy atom. The Balaban J connectivity index is 1.35. The monoisotopic (exact) mass is 428 g/mol. The first-order valence-corrected chi connectivity index (χ1v) is 11.1. The smallest absolute Gasteiger partial charge is 0.0485 e. The van der Waals surface area contributed by atoms with Crippen molar-refractivity contribution in [2.45, 2.75) is 6.42 Å². The summed E-state index contributed by atoms with van der Waals surface area (Å²) in [6, 6.07) is 33.4. The first kappa shape index (κ1) is 19.3. The van der Waals surface area contributed by atoms with Crippen molar-refractivity contribution in [3.05, 3.63) is 108 Å². The average molecular weight is 429 g/mol. The third-order valence-electron chi connectivity index (χ3n) is 6.28. The Bertz CT molecular complexity index is 1430. The van der Waals surface area contributed by atoms with Crippen LogP contribution in [-0.4, -0.2) is 9.97 Å². The van der Waals surface area contributed by atoms with Crippen LogP contribution in [0, 0.1) is 0 Å². The molecule has 0 fully saturated rings. The normalized spacial score (nSPS) is 11.4. The fourth-order valence-electron chi connectivity index (χ4n) is 4.57. The highest BCUT2D eigenvalue weighted by Gasteiger charge is 2.11. The highest BCUT2D eigenvalue weighted by atomic mass is 14.7. The summed E-state index contributed by atoms with van der Waals surface area (Å²) in [6.07, 6.45) is 0.793. The fraction of sp³-hybridized carbons (Fsp3) is 0.0345. The molecule has 0 unspecified atom stereocenters. The van der Waals surface area contributed by atoms with E-state index >= 15 is 0 Å². The quantitative estimate of drug-likeness (QED) is 0.235. The predicted octanol–water partition coefficient (Wildman–Crippen LogP) is 6.74. The van der Waals surface area contributed by atoms with Gasteiger partial charge in [0.15, 0.2) is 0 Å². The molecule has 2 aromatic heterocycles. The lowest BCUT2D eigenvalue weighted by molar-refractivity contribution is 1.19. The Kier molecular flexibility index (Phi) is 4.44. The van der Waals surface area contributed by atoms with E-state index < -0.39 is 0 Å². The number of hydrogen-bond donors (Lipinski definition) is 4. The number of benzene rings is 4. The maximum atomic E-state index is 6.35. The number of fused-ring (bicyclic) bond motifs is 2. The van der Waals surface area contributed by atoms with Gasteiger partial charge in [-0.25, -0.2) is 0 Å². The van der Waals surface area contributed by atoms with Crippen LogP contribution >= 0.6 is 0 Å². The summed E-state index contributed by atoms with van der Waals surface area (Å²) in [6.45, 7) is 0. The zero-order valence-corrected chi connectivity index (χ0v) is 18.1. The lowest BCUT2D eigenvalue weighted by Crippen LogP contribution is -1.96. The molecule has 4 nitrogen and oxygen atoms in total. The van der Waals surface area contributed by atoms with Gasteiger partial charge in [0.1, 0.15) is 0 Å². The highest BCUT2D eigenvalue weighted by molar-refractivity contribution is 5.89. The van der Waals surface area contributed by atoms with Gasteiger partial charge in [0.2, 0.25) is 0 Å². The zero-order valence-electron chi connectivity index (χ0n) is 18.1. The van der Waals surface area contributed by atoms with Crippen molar-refractivity contribution < 1.29 is 0 Å². The number of rotatable bonds is 4. The molecule has 4 aromatic carbocycles. The molecular weight excluding hydrogens is 404 g/mol. The van der Waals surface area contributed by atoms with Crippen LogP contribution in [0.5, 0.6) is 0 Å². The molecule has 0 radical (unpaired) electrons. The Hall–Kier alpha value is -4.44. The molecule has 0 spiro atoms. The largest absolute Gasteiger partial charge is 0.398 e.